The number of methoxy groups -OCH3 is 1. The molecule has 0 fully saturated rings. The molecule has 0 aromatic heterocycles. The van der Waals surface area contributed by atoms with E-state index >= 15 is 0 Å². The van der Waals surface area contributed by atoms with Crippen LogP contribution in [0.15, 0.2) is 30.3 Å². The molecule has 0 heterocycles. The van der Waals surface area contributed by atoms with Crippen LogP contribution < -0.4 is 10.6 Å². The Morgan fingerprint density at radius 3 is 2.50 bits per heavy atom. The molecule has 1 aromatic rings. The van der Waals surface area contributed by atoms with Crippen molar-refractivity contribution in [2.45, 2.75) is 38.3 Å². The summed E-state index contributed by atoms with van der Waals surface area (Å²) in [6.45, 7) is 4.64. The lowest BCUT2D eigenvalue weighted by molar-refractivity contribution is -0.123. The molecule has 0 aliphatic carbocycles. The Balaban J connectivity index is 2.43. The third kappa shape index (κ3) is 5.72. The van der Waals surface area contributed by atoms with E-state index in [0.29, 0.717) is 13.0 Å². The van der Waals surface area contributed by atoms with E-state index in [9.17, 15) is 4.79 Å². The molecule has 4 heteroatoms. The lowest BCUT2D eigenvalue weighted by atomic mass is 10.0. The summed E-state index contributed by atoms with van der Waals surface area (Å²) >= 11 is 0. The van der Waals surface area contributed by atoms with Crippen molar-refractivity contribution in [3.8, 4) is 0 Å². The summed E-state index contributed by atoms with van der Waals surface area (Å²) in [7, 11) is 3.50. The van der Waals surface area contributed by atoms with Gasteiger partial charge in [-0.2, -0.15) is 0 Å². The Labute approximate surface area is 121 Å². The fourth-order valence-electron chi connectivity index (χ4n) is 1.89. The predicted octanol–water partition coefficient (Wildman–Crippen LogP) is 1.75. The zero-order chi connectivity index (χ0) is 15.0. The first-order chi connectivity index (χ1) is 9.48. The number of likely N-dealkylation sites (N-methyl/N-ethyl adjacent to an activating group) is 1. The normalized spacial score (nSPS) is 13.0. The largest absolute Gasteiger partial charge is 0.379 e. The van der Waals surface area contributed by atoms with Gasteiger partial charge in [-0.25, -0.2) is 0 Å². The van der Waals surface area contributed by atoms with Crippen LogP contribution in [-0.4, -0.2) is 38.3 Å². The van der Waals surface area contributed by atoms with Gasteiger partial charge in [-0.05, 0) is 39.3 Å². The molecule has 0 aliphatic heterocycles. The summed E-state index contributed by atoms with van der Waals surface area (Å²) in [5, 5.41) is 6.03. The van der Waals surface area contributed by atoms with Crippen LogP contribution in [-0.2, 0) is 16.0 Å². The maximum absolute atomic E-state index is 12.1. The lowest BCUT2D eigenvalue weighted by Gasteiger charge is -2.23. The summed E-state index contributed by atoms with van der Waals surface area (Å²) in [5.74, 6) is 0.0308. The van der Waals surface area contributed by atoms with E-state index in [1.165, 1.54) is 0 Å². The van der Waals surface area contributed by atoms with Crippen LogP contribution in [0.4, 0.5) is 0 Å². The topological polar surface area (TPSA) is 50.4 Å². The van der Waals surface area contributed by atoms with E-state index in [0.717, 1.165) is 12.0 Å². The van der Waals surface area contributed by atoms with Gasteiger partial charge in [0, 0.05) is 13.7 Å². The summed E-state index contributed by atoms with van der Waals surface area (Å²) in [4.78, 5) is 12.1. The van der Waals surface area contributed by atoms with Crippen LogP contribution in [0.2, 0.25) is 0 Å². The van der Waals surface area contributed by atoms with Gasteiger partial charge in [0.2, 0.25) is 5.91 Å². The summed E-state index contributed by atoms with van der Waals surface area (Å²) in [5.41, 5.74) is 0.946. The quantitative estimate of drug-likeness (QED) is 0.761. The molecule has 0 bridgehead atoms. The first kappa shape index (κ1) is 16.7. The molecule has 0 spiro atoms. The van der Waals surface area contributed by atoms with Gasteiger partial charge >= 0.3 is 0 Å². The van der Waals surface area contributed by atoms with E-state index < -0.39 is 0 Å². The van der Waals surface area contributed by atoms with E-state index in [1.807, 2.05) is 51.2 Å². The van der Waals surface area contributed by atoms with Crippen LogP contribution in [0.1, 0.15) is 25.8 Å². The highest BCUT2D eigenvalue weighted by atomic mass is 16.5. The van der Waals surface area contributed by atoms with E-state index in [1.54, 1.807) is 7.11 Å². The third-order valence-corrected chi connectivity index (χ3v) is 3.53. The summed E-state index contributed by atoms with van der Waals surface area (Å²) in [6, 6.07) is 9.81. The lowest BCUT2D eigenvalue weighted by Crippen LogP contribution is -2.45. The molecule has 0 aliphatic rings. The average molecular weight is 278 g/mol. The Morgan fingerprint density at radius 2 is 1.95 bits per heavy atom. The van der Waals surface area contributed by atoms with E-state index in [2.05, 4.69) is 10.6 Å². The molecule has 2 N–H and O–H groups in total. The minimum atomic E-state index is -0.206. The molecular weight excluding hydrogens is 252 g/mol. The number of hydrogen-bond donors (Lipinski definition) is 2. The monoisotopic (exact) mass is 278 g/mol. The van der Waals surface area contributed by atoms with Gasteiger partial charge in [0.1, 0.15) is 0 Å². The van der Waals surface area contributed by atoms with Crippen LogP contribution in [0.25, 0.3) is 0 Å². The molecule has 4 nitrogen and oxygen atoms in total. The van der Waals surface area contributed by atoms with E-state index in [-0.39, 0.29) is 17.6 Å². The molecule has 20 heavy (non-hydrogen) atoms. The minimum Gasteiger partial charge on any atom is -0.379 e. The summed E-state index contributed by atoms with van der Waals surface area (Å²) < 4.78 is 5.34. The molecule has 1 rings (SSSR count). The zero-order valence-electron chi connectivity index (χ0n) is 12.9. The number of carbonyl (C=O) groups is 1. The van der Waals surface area contributed by atoms with Crippen molar-refractivity contribution in [2.24, 2.45) is 0 Å². The molecule has 0 saturated heterocycles. The molecule has 1 aromatic carbocycles. The smallest absolute Gasteiger partial charge is 0.237 e. The van der Waals surface area contributed by atoms with Crippen LogP contribution in [0.3, 0.4) is 0 Å². The fraction of sp³-hybridized carbons (Fsp3) is 0.562. The Bertz CT molecular complexity index is 404. The molecule has 1 atom stereocenters. The number of rotatable bonds is 8. The van der Waals surface area contributed by atoms with Gasteiger partial charge in [-0.1, -0.05) is 30.3 Å². The number of amides is 1. The molecule has 0 radical (unpaired) electrons. The van der Waals surface area contributed by atoms with Crippen molar-refractivity contribution in [3.63, 3.8) is 0 Å². The second-order valence-electron chi connectivity index (χ2n) is 5.54. The maximum Gasteiger partial charge on any atom is 0.237 e. The number of benzene rings is 1. The second-order valence-corrected chi connectivity index (χ2v) is 5.54. The van der Waals surface area contributed by atoms with Crippen molar-refractivity contribution in [1.29, 1.82) is 0 Å². The highest BCUT2D eigenvalue weighted by Crippen LogP contribution is 2.11. The Morgan fingerprint density at radius 1 is 1.30 bits per heavy atom. The number of hydrogen-bond acceptors (Lipinski definition) is 3. The summed E-state index contributed by atoms with van der Waals surface area (Å²) in [6.07, 6.45) is 1.48. The van der Waals surface area contributed by atoms with Crippen molar-refractivity contribution >= 4 is 5.91 Å². The minimum absolute atomic E-state index is 0.0308. The van der Waals surface area contributed by atoms with Gasteiger partial charge in [0.05, 0.1) is 11.6 Å². The number of carbonyl (C=O) groups excluding carboxylic acids is 1. The van der Waals surface area contributed by atoms with E-state index in [4.69, 9.17) is 4.74 Å². The van der Waals surface area contributed by atoms with Crippen molar-refractivity contribution in [2.75, 3.05) is 20.7 Å². The Hall–Kier alpha value is -1.39. The second kappa shape index (κ2) is 8.02. The molecule has 1 amide bonds. The third-order valence-electron chi connectivity index (χ3n) is 3.53. The van der Waals surface area contributed by atoms with Gasteiger partial charge < -0.3 is 15.4 Å². The van der Waals surface area contributed by atoms with Crippen LogP contribution >= 0.6 is 0 Å². The van der Waals surface area contributed by atoms with Crippen molar-refractivity contribution < 1.29 is 9.53 Å². The number of ether oxygens (including phenoxy) is 1. The highest BCUT2D eigenvalue weighted by Gasteiger charge is 2.19. The van der Waals surface area contributed by atoms with Gasteiger partial charge in [0.15, 0.2) is 0 Å². The first-order valence-corrected chi connectivity index (χ1v) is 7.02. The number of nitrogens with one attached hydrogen (secondary N) is 2. The van der Waals surface area contributed by atoms with Gasteiger partial charge in [-0.15, -0.1) is 0 Å². The SMILES string of the molecule is CNC(Cc1ccccc1)C(=O)NCCC(C)(C)OC. The van der Waals surface area contributed by atoms with Crippen molar-refractivity contribution in [3.05, 3.63) is 35.9 Å². The maximum atomic E-state index is 12.1. The molecule has 1 unspecified atom stereocenters. The predicted molar refractivity (Wildman–Crippen MR) is 81.7 cm³/mol. The van der Waals surface area contributed by atoms with Crippen LogP contribution in [0, 0.1) is 0 Å². The molecular formula is C16H26N2O2. The molecule has 0 saturated carbocycles. The zero-order valence-corrected chi connectivity index (χ0v) is 12.9. The highest BCUT2D eigenvalue weighted by molar-refractivity contribution is 5.82. The molecule has 112 valence electrons. The first-order valence-electron chi connectivity index (χ1n) is 7.02. The van der Waals surface area contributed by atoms with Gasteiger partial charge in [-0.3, -0.25) is 4.79 Å². The fourth-order valence-corrected chi connectivity index (χ4v) is 1.89. The Kier molecular flexibility index (Phi) is 6.68. The van der Waals surface area contributed by atoms with Crippen LogP contribution in [0.5, 0.6) is 0 Å². The van der Waals surface area contributed by atoms with Crippen molar-refractivity contribution in [1.82, 2.24) is 10.6 Å². The van der Waals surface area contributed by atoms with Gasteiger partial charge in [0.25, 0.3) is 0 Å². The average Bonchev–Trinajstić information content (AvgIpc) is 2.45. The standard InChI is InChI=1S/C16H26N2O2/c1-16(2,20-4)10-11-18-15(19)14(17-3)12-13-8-6-5-7-9-13/h5-9,14,17H,10-12H2,1-4H3,(H,18,19).